The highest BCUT2D eigenvalue weighted by molar-refractivity contribution is 5.81. The summed E-state index contributed by atoms with van der Waals surface area (Å²) < 4.78 is 12.1. The van der Waals surface area contributed by atoms with Crippen molar-refractivity contribution in [2.45, 2.75) is 25.0 Å². The molecular weight excluding hydrogens is 256 g/mol. The summed E-state index contributed by atoms with van der Waals surface area (Å²) in [5, 5.41) is 4.32. The molecule has 0 bridgehead atoms. The molecule has 0 N–H and O–H groups in total. The normalized spacial score (nSPS) is 15.7. The summed E-state index contributed by atoms with van der Waals surface area (Å²) >= 11 is 0. The summed E-state index contributed by atoms with van der Waals surface area (Å²) in [5.74, 6) is 0.277. The van der Waals surface area contributed by atoms with Gasteiger partial charge in [-0.05, 0) is 18.4 Å². The second-order valence-electron chi connectivity index (χ2n) is 4.90. The molecule has 0 saturated heterocycles. The number of nitrogens with zero attached hydrogens (tertiary/aromatic N) is 2. The molecule has 0 radical (unpaired) electrons. The lowest BCUT2D eigenvalue weighted by Gasteiger charge is -2.12. The van der Waals surface area contributed by atoms with Gasteiger partial charge in [0.1, 0.15) is 6.61 Å². The third-order valence-corrected chi connectivity index (χ3v) is 3.52. The summed E-state index contributed by atoms with van der Waals surface area (Å²) in [6.07, 6.45) is 3.29. The van der Waals surface area contributed by atoms with Crippen LogP contribution in [0.25, 0.3) is 0 Å². The molecule has 0 spiro atoms. The minimum atomic E-state index is -0.608. The minimum absolute atomic E-state index is 0.241. The predicted octanol–water partition coefficient (Wildman–Crippen LogP) is 2.12. The molecule has 0 amide bonds. The van der Waals surface area contributed by atoms with E-state index in [2.05, 4.69) is 5.10 Å². The Kier molecular flexibility index (Phi) is 3.18. The van der Waals surface area contributed by atoms with E-state index in [1.165, 1.54) is 7.11 Å². The summed E-state index contributed by atoms with van der Waals surface area (Å²) in [5.41, 5.74) is 0.472. The van der Waals surface area contributed by atoms with E-state index in [-0.39, 0.29) is 5.97 Å². The summed E-state index contributed by atoms with van der Waals surface area (Å²) in [7, 11) is 1.40. The molecule has 0 unspecified atom stereocenters. The number of methoxy groups -OCH3 is 1. The first kappa shape index (κ1) is 12.7. The van der Waals surface area contributed by atoms with Gasteiger partial charge in [0, 0.05) is 12.3 Å². The van der Waals surface area contributed by atoms with Crippen molar-refractivity contribution in [1.82, 2.24) is 9.78 Å². The van der Waals surface area contributed by atoms with Crippen LogP contribution in [-0.2, 0) is 21.7 Å². The number of benzene rings is 1. The highest BCUT2D eigenvalue weighted by Gasteiger charge is 2.54. The first-order valence-electron chi connectivity index (χ1n) is 6.56. The maximum absolute atomic E-state index is 11.8. The zero-order valence-corrected chi connectivity index (χ0v) is 11.3. The van der Waals surface area contributed by atoms with Crippen LogP contribution in [0.5, 0.6) is 5.88 Å². The molecule has 1 aliphatic rings. The standard InChI is InChI=1S/C15H16N2O3/c1-19-14(18)15(8-9-15)17-10-7-13(16-17)20-11-12-5-3-2-4-6-12/h2-7,10H,8-9,11H2,1H3. The maximum Gasteiger partial charge on any atom is 0.333 e. The average molecular weight is 272 g/mol. The summed E-state index contributed by atoms with van der Waals surface area (Å²) in [6.45, 7) is 0.461. The first-order chi connectivity index (χ1) is 9.74. The molecule has 0 atom stereocenters. The third-order valence-electron chi connectivity index (χ3n) is 3.52. The fourth-order valence-electron chi connectivity index (χ4n) is 2.19. The number of carbonyl (C=O) groups excluding carboxylic acids is 1. The van der Waals surface area contributed by atoms with Gasteiger partial charge in [0.15, 0.2) is 5.54 Å². The van der Waals surface area contributed by atoms with Gasteiger partial charge in [0.05, 0.1) is 7.11 Å². The Morgan fingerprint density at radius 2 is 2.05 bits per heavy atom. The van der Waals surface area contributed by atoms with Gasteiger partial charge in [-0.15, -0.1) is 5.10 Å². The molecule has 1 aromatic carbocycles. The average Bonchev–Trinajstić information content (AvgIpc) is 3.17. The Labute approximate surface area is 117 Å². The Morgan fingerprint density at radius 1 is 1.30 bits per heavy atom. The van der Waals surface area contributed by atoms with E-state index in [0.29, 0.717) is 12.5 Å². The number of carbonyl (C=O) groups is 1. The van der Waals surface area contributed by atoms with Gasteiger partial charge in [0.2, 0.25) is 5.88 Å². The Bertz CT molecular complexity index is 603. The van der Waals surface area contributed by atoms with Crippen LogP contribution < -0.4 is 4.74 Å². The van der Waals surface area contributed by atoms with Gasteiger partial charge >= 0.3 is 5.97 Å². The smallest absolute Gasteiger partial charge is 0.333 e. The molecule has 1 saturated carbocycles. The number of esters is 1. The first-order valence-corrected chi connectivity index (χ1v) is 6.56. The summed E-state index contributed by atoms with van der Waals surface area (Å²) in [6, 6.07) is 11.7. The number of rotatable bonds is 5. The van der Waals surface area contributed by atoms with Crippen molar-refractivity contribution in [3.05, 3.63) is 48.2 Å². The lowest BCUT2D eigenvalue weighted by molar-refractivity contribution is -0.146. The van der Waals surface area contributed by atoms with Crippen molar-refractivity contribution in [1.29, 1.82) is 0 Å². The van der Waals surface area contributed by atoms with Crippen LogP contribution in [0.2, 0.25) is 0 Å². The molecule has 5 heteroatoms. The van der Waals surface area contributed by atoms with Crippen LogP contribution in [0.4, 0.5) is 0 Å². The fourth-order valence-corrected chi connectivity index (χ4v) is 2.19. The van der Waals surface area contributed by atoms with E-state index in [9.17, 15) is 4.79 Å². The number of hydrogen-bond donors (Lipinski definition) is 0. The fraction of sp³-hybridized carbons (Fsp3) is 0.333. The van der Waals surface area contributed by atoms with E-state index in [1.807, 2.05) is 30.3 Å². The Hall–Kier alpha value is -2.30. The van der Waals surface area contributed by atoms with Crippen molar-refractivity contribution in [3.8, 4) is 5.88 Å². The molecule has 1 fully saturated rings. The van der Waals surface area contributed by atoms with Crippen LogP contribution in [-0.4, -0.2) is 22.9 Å². The van der Waals surface area contributed by atoms with Crippen molar-refractivity contribution < 1.29 is 14.3 Å². The van der Waals surface area contributed by atoms with E-state index < -0.39 is 5.54 Å². The van der Waals surface area contributed by atoms with Crippen molar-refractivity contribution >= 4 is 5.97 Å². The molecule has 1 aliphatic carbocycles. The van der Waals surface area contributed by atoms with Crippen molar-refractivity contribution in [3.63, 3.8) is 0 Å². The lowest BCUT2D eigenvalue weighted by Crippen LogP contribution is -2.29. The van der Waals surface area contributed by atoms with Crippen LogP contribution in [0.3, 0.4) is 0 Å². The van der Waals surface area contributed by atoms with Crippen LogP contribution >= 0.6 is 0 Å². The monoisotopic (exact) mass is 272 g/mol. The predicted molar refractivity (Wildman–Crippen MR) is 72.2 cm³/mol. The van der Waals surface area contributed by atoms with Gasteiger partial charge in [-0.25, -0.2) is 4.79 Å². The van der Waals surface area contributed by atoms with Gasteiger partial charge < -0.3 is 9.47 Å². The Morgan fingerprint density at radius 3 is 2.70 bits per heavy atom. The molecule has 20 heavy (non-hydrogen) atoms. The van der Waals surface area contributed by atoms with E-state index in [0.717, 1.165) is 18.4 Å². The second kappa shape index (κ2) is 5.00. The molecular formula is C15H16N2O3. The molecule has 1 aromatic heterocycles. The molecule has 1 heterocycles. The molecule has 104 valence electrons. The molecule has 2 aromatic rings. The molecule has 3 rings (SSSR count). The Balaban J connectivity index is 1.67. The van der Waals surface area contributed by atoms with E-state index in [4.69, 9.17) is 9.47 Å². The number of ether oxygens (including phenoxy) is 2. The highest BCUT2D eigenvalue weighted by Crippen LogP contribution is 2.44. The topological polar surface area (TPSA) is 53.4 Å². The second-order valence-corrected chi connectivity index (χ2v) is 4.90. The van der Waals surface area contributed by atoms with Gasteiger partial charge in [-0.1, -0.05) is 30.3 Å². The highest BCUT2D eigenvalue weighted by atomic mass is 16.5. The van der Waals surface area contributed by atoms with E-state index in [1.54, 1.807) is 16.9 Å². The van der Waals surface area contributed by atoms with Gasteiger partial charge in [-0.3, -0.25) is 4.68 Å². The maximum atomic E-state index is 11.8. The van der Waals surface area contributed by atoms with Gasteiger partial charge in [0.25, 0.3) is 0 Å². The molecule has 5 nitrogen and oxygen atoms in total. The van der Waals surface area contributed by atoms with Gasteiger partial charge in [-0.2, -0.15) is 0 Å². The third kappa shape index (κ3) is 2.27. The number of hydrogen-bond acceptors (Lipinski definition) is 4. The van der Waals surface area contributed by atoms with Crippen LogP contribution in [0.15, 0.2) is 42.6 Å². The quantitative estimate of drug-likeness (QED) is 0.782. The van der Waals surface area contributed by atoms with E-state index >= 15 is 0 Å². The van der Waals surface area contributed by atoms with Crippen LogP contribution in [0.1, 0.15) is 18.4 Å². The van der Waals surface area contributed by atoms with Crippen LogP contribution in [0, 0.1) is 0 Å². The number of aromatic nitrogens is 2. The SMILES string of the molecule is COC(=O)C1(n2ccc(OCc3ccccc3)n2)CC1. The largest absolute Gasteiger partial charge is 0.472 e. The van der Waals surface area contributed by atoms with Crippen molar-refractivity contribution in [2.75, 3.05) is 7.11 Å². The molecule has 0 aliphatic heterocycles. The lowest BCUT2D eigenvalue weighted by atomic mass is 10.2. The zero-order valence-electron chi connectivity index (χ0n) is 11.3. The summed E-state index contributed by atoms with van der Waals surface area (Å²) in [4.78, 5) is 11.8. The minimum Gasteiger partial charge on any atom is -0.472 e. The zero-order chi connectivity index (χ0) is 14.0. The van der Waals surface area contributed by atoms with Crippen molar-refractivity contribution in [2.24, 2.45) is 0 Å².